The molecule has 0 aliphatic heterocycles. The summed E-state index contributed by atoms with van der Waals surface area (Å²) in [5.74, 6) is -1.54. The zero-order chi connectivity index (χ0) is 23.3. The molecule has 0 atom stereocenters. The van der Waals surface area contributed by atoms with Crippen molar-refractivity contribution in [2.24, 2.45) is 0 Å². The van der Waals surface area contributed by atoms with Gasteiger partial charge in [-0.1, -0.05) is 0 Å². The van der Waals surface area contributed by atoms with Crippen molar-refractivity contribution in [2.45, 2.75) is 65.5 Å². The fourth-order valence-corrected chi connectivity index (χ4v) is 11.7. The Morgan fingerprint density at radius 1 is 0.839 bits per heavy atom. The molecule has 0 fully saturated rings. The van der Waals surface area contributed by atoms with Crippen LogP contribution < -0.4 is 12.4 Å². The van der Waals surface area contributed by atoms with E-state index < -0.39 is 5.96 Å². The molecule has 0 bridgehead atoms. The zero-order valence-electron chi connectivity index (χ0n) is 20.5. The molecule has 31 heavy (non-hydrogen) atoms. The van der Waals surface area contributed by atoms with Gasteiger partial charge in [0.1, 0.15) is 0 Å². The molecule has 186 valence electrons. The second-order valence-electron chi connectivity index (χ2n) is 9.65. The van der Waals surface area contributed by atoms with Crippen molar-refractivity contribution in [3.05, 3.63) is 33.8 Å². The maximum Gasteiger partial charge on any atom is 0.0918 e. The molecule has 0 spiro atoms. The largest absolute Gasteiger partial charge is 1.00 e. The maximum atomic E-state index is 7.62. The van der Waals surface area contributed by atoms with E-state index in [-0.39, 0.29) is 12.4 Å². The minimum Gasteiger partial charge on any atom is -1.00 e. The van der Waals surface area contributed by atoms with Crippen LogP contribution in [0.15, 0.2) is 18.2 Å². The van der Waals surface area contributed by atoms with Crippen molar-refractivity contribution < 1.29 is 16.9 Å². The summed E-state index contributed by atoms with van der Waals surface area (Å²) < 4.78 is 0.962. The zero-order valence-corrected chi connectivity index (χ0v) is 25.2. The SMILES string of the molecule is CCCCP(Cl)(CCCC)(CCCC)Cc1ccc(Cl)cc1Cl.C[N+](C)(C)CCCl.[Cl-]. The average molecular weight is 556 g/mol. The number of rotatable bonds is 13. The number of quaternary nitrogens is 1. The minimum atomic E-state index is -2.29. The number of alkyl halides is 1. The first kappa shape index (κ1) is 34.2. The van der Waals surface area contributed by atoms with Crippen molar-refractivity contribution in [1.82, 2.24) is 0 Å². The van der Waals surface area contributed by atoms with E-state index in [1.165, 1.54) is 62.6 Å². The van der Waals surface area contributed by atoms with Gasteiger partial charge in [0.15, 0.2) is 0 Å². The Kier molecular flexibility index (Phi) is 18.4. The summed E-state index contributed by atoms with van der Waals surface area (Å²) in [5.41, 5.74) is 1.19. The molecule has 1 rings (SSSR count). The Morgan fingerprint density at radius 2 is 1.29 bits per heavy atom. The van der Waals surface area contributed by atoms with Crippen LogP contribution in [0.1, 0.15) is 64.9 Å². The van der Waals surface area contributed by atoms with Gasteiger partial charge in [0.05, 0.1) is 33.6 Å². The molecule has 0 heterocycles. The van der Waals surface area contributed by atoms with Crippen LogP contribution in [0.5, 0.6) is 0 Å². The van der Waals surface area contributed by atoms with E-state index in [9.17, 15) is 0 Å². The Hall–Kier alpha value is 1.06. The molecular formula is C24H45Cl5NP. The van der Waals surface area contributed by atoms with Gasteiger partial charge in [0, 0.05) is 0 Å². The first-order valence-electron chi connectivity index (χ1n) is 11.4. The van der Waals surface area contributed by atoms with E-state index in [1.807, 2.05) is 12.1 Å². The first-order chi connectivity index (χ1) is 13.9. The van der Waals surface area contributed by atoms with E-state index in [2.05, 4.69) is 48.0 Å². The number of hydrogen-bond donors (Lipinski definition) is 0. The fraction of sp³-hybridized carbons (Fsp3) is 0.750. The average Bonchev–Trinajstić information content (AvgIpc) is 2.66. The predicted octanol–water partition coefficient (Wildman–Crippen LogP) is 6.54. The smallest absolute Gasteiger partial charge is 0.0918 e. The second kappa shape index (κ2) is 16.6. The maximum absolute atomic E-state index is 7.62. The van der Waals surface area contributed by atoms with Crippen LogP contribution in [-0.2, 0) is 6.16 Å². The van der Waals surface area contributed by atoms with Crippen LogP contribution in [0, 0.1) is 0 Å². The third-order valence-electron chi connectivity index (χ3n) is 5.55. The number of benzene rings is 1. The summed E-state index contributed by atoms with van der Waals surface area (Å²) in [6.45, 7) is 7.81. The Labute approximate surface area is 219 Å². The summed E-state index contributed by atoms with van der Waals surface area (Å²) in [6.07, 6.45) is 11.8. The van der Waals surface area contributed by atoms with Crippen molar-refractivity contribution in [2.75, 3.05) is 52.1 Å². The summed E-state index contributed by atoms with van der Waals surface area (Å²) in [4.78, 5) is 0. The van der Waals surface area contributed by atoms with Gasteiger partial charge in [-0.25, -0.2) is 0 Å². The van der Waals surface area contributed by atoms with Crippen molar-refractivity contribution in [1.29, 1.82) is 0 Å². The van der Waals surface area contributed by atoms with Crippen LogP contribution in [-0.4, -0.2) is 56.5 Å². The Morgan fingerprint density at radius 3 is 1.58 bits per heavy atom. The monoisotopic (exact) mass is 553 g/mol. The van der Waals surface area contributed by atoms with E-state index in [0.29, 0.717) is 5.02 Å². The van der Waals surface area contributed by atoms with Crippen LogP contribution >= 0.6 is 52.0 Å². The third kappa shape index (κ3) is 14.8. The molecule has 0 saturated carbocycles. The van der Waals surface area contributed by atoms with Gasteiger partial charge in [-0.3, -0.25) is 0 Å². The second-order valence-corrected chi connectivity index (χ2v) is 19.0. The van der Waals surface area contributed by atoms with Crippen LogP contribution in [0.2, 0.25) is 10.0 Å². The molecule has 0 aliphatic rings. The number of nitrogens with zero attached hydrogens (tertiary/aromatic N) is 1. The van der Waals surface area contributed by atoms with Gasteiger partial charge >= 0.3 is 158 Å². The Bertz CT molecular complexity index is 580. The van der Waals surface area contributed by atoms with Crippen molar-refractivity contribution in [3.63, 3.8) is 0 Å². The topological polar surface area (TPSA) is 0 Å². The summed E-state index contributed by atoms with van der Waals surface area (Å²) in [6, 6.07) is 5.88. The quantitative estimate of drug-likeness (QED) is 0.147. The standard InChI is InChI=1S/C19H32Cl3P.C5H13ClN.ClH/c1-4-7-12-23(22,13-8-5-2,14-9-6-3)16-17-10-11-18(20)15-19(17)21;1-7(2,3)5-4-6;/h10-11,15H,4-9,12-14,16H2,1-3H3;4-5H2,1-3H3;1H/q;+1;/p-1. The molecule has 7 heteroatoms. The molecule has 0 amide bonds. The normalized spacial score (nSPS) is 12.9. The molecule has 0 aliphatic carbocycles. The van der Waals surface area contributed by atoms with Crippen molar-refractivity contribution >= 4 is 52.0 Å². The molecule has 0 unspecified atom stereocenters. The van der Waals surface area contributed by atoms with E-state index in [4.69, 9.17) is 46.0 Å². The van der Waals surface area contributed by atoms with E-state index >= 15 is 0 Å². The number of unbranched alkanes of at least 4 members (excludes halogenated alkanes) is 3. The summed E-state index contributed by atoms with van der Waals surface area (Å²) in [7, 11) is 6.38. The van der Waals surface area contributed by atoms with E-state index in [0.717, 1.165) is 28.1 Å². The van der Waals surface area contributed by atoms with Crippen LogP contribution in [0.25, 0.3) is 0 Å². The molecular weight excluding hydrogens is 511 g/mol. The number of hydrogen-bond acceptors (Lipinski definition) is 0. The molecule has 1 nitrogen and oxygen atoms in total. The van der Waals surface area contributed by atoms with Gasteiger partial charge in [-0.05, 0) is 0 Å². The van der Waals surface area contributed by atoms with Gasteiger partial charge in [-0.15, -0.1) is 11.6 Å². The fourth-order valence-electron chi connectivity index (χ4n) is 3.56. The Balaban J connectivity index is 0. The van der Waals surface area contributed by atoms with Crippen LogP contribution in [0.3, 0.4) is 0 Å². The van der Waals surface area contributed by atoms with Gasteiger partial charge in [-0.2, -0.15) is 0 Å². The van der Waals surface area contributed by atoms with Crippen molar-refractivity contribution in [3.8, 4) is 0 Å². The first-order valence-corrected chi connectivity index (χ1v) is 16.6. The van der Waals surface area contributed by atoms with E-state index in [1.54, 1.807) is 0 Å². The molecule has 1 aromatic rings. The van der Waals surface area contributed by atoms with Gasteiger partial charge < -0.3 is 16.9 Å². The van der Waals surface area contributed by atoms with Gasteiger partial charge in [0.25, 0.3) is 0 Å². The van der Waals surface area contributed by atoms with Crippen LogP contribution in [0.4, 0.5) is 0 Å². The van der Waals surface area contributed by atoms with Gasteiger partial charge in [0.2, 0.25) is 0 Å². The molecule has 0 radical (unpaired) electrons. The predicted molar refractivity (Wildman–Crippen MR) is 146 cm³/mol. The third-order valence-corrected chi connectivity index (χ3v) is 13.6. The molecule has 1 aromatic carbocycles. The molecule has 0 saturated heterocycles. The number of halogens is 5. The summed E-state index contributed by atoms with van der Waals surface area (Å²) >= 11 is 25.6. The minimum absolute atomic E-state index is 0. The molecule has 0 aromatic heterocycles. The summed E-state index contributed by atoms with van der Waals surface area (Å²) in [5, 5.41) is 1.47. The molecule has 0 N–H and O–H groups in total.